The van der Waals surface area contributed by atoms with Gasteiger partial charge in [0.25, 0.3) is 0 Å². The second kappa shape index (κ2) is 5.07. The van der Waals surface area contributed by atoms with Crippen molar-refractivity contribution in [2.75, 3.05) is 11.1 Å². The lowest BCUT2D eigenvalue weighted by molar-refractivity contribution is 0.632. The zero-order valence-electron chi connectivity index (χ0n) is 9.24. The van der Waals surface area contributed by atoms with Crippen molar-refractivity contribution in [1.29, 1.82) is 5.26 Å². The van der Waals surface area contributed by atoms with Gasteiger partial charge < -0.3 is 11.1 Å². The fourth-order valence-electron chi connectivity index (χ4n) is 1.50. The summed E-state index contributed by atoms with van der Waals surface area (Å²) in [4.78, 5) is 0. The second-order valence-corrected chi connectivity index (χ2v) is 4.58. The van der Waals surface area contributed by atoms with Gasteiger partial charge in [-0.05, 0) is 36.4 Å². The summed E-state index contributed by atoms with van der Waals surface area (Å²) in [5.74, 6) is -0.457. The lowest BCUT2D eigenvalue weighted by Crippen LogP contribution is -1.97. The first-order valence-corrected chi connectivity index (χ1v) is 5.91. The van der Waals surface area contributed by atoms with E-state index in [1.807, 2.05) is 6.07 Å². The molecule has 0 amide bonds. The van der Waals surface area contributed by atoms with Gasteiger partial charge in [0.2, 0.25) is 0 Å². The minimum atomic E-state index is -0.457. The summed E-state index contributed by atoms with van der Waals surface area (Å²) in [5, 5.41) is 11.9. The Morgan fingerprint density at radius 2 is 1.89 bits per heavy atom. The molecule has 3 nitrogen and oxygen atoms in total. The molecule has 0 saturated carbocycles. The number of nitrogens with two attached hydrogens (primary N) is 1. The molecule has 0 radical (unpaired) electrons. The average Bonchev–Trinajstić information content (AvgIpc) is 2.34. The van der Waals surface area contributed by atoms with E-state index in [9.17, 15) is 4.39 Å². The third kappa shape index (κ3) is 2.60. The standard InChI is InChI=1S/C13H9BrFN3/c14-9-1-3-12(8(5-9)7-16)18-13-4-2-10(17)6-11(13)15/h1-6,18H,17H2. The van der Waals surface area contributed by atoms with E-state index in [1.165, 1.54) is 12.1 Å². The van der Waals surface area contributed by atoms with Crippen LogP contribution in [0.3, 0.4) is 0 Å². The van der Waals surface area contributed by atoms with Crippen LogP contribution < -0.4 is 11.1 Å². The first-order chi connectivity index (χ1) is 8.60. The maximum atomic E-state index is 13.6. The van der Waals surface area contributed by atoms with E-state index in [0.717, 1.165) is 4.47 Å². The Kier molecular flexibility index (Phi) is 3.49. The van der Waals surface area contributed by atoms with Crippen LogP contribution in [0.2, 0.25) is 0 Å². The van der Waals surface area contributed by atoms with Crippen molar-refractivity contribution in [3.63, 3.8) is 0 Å². The molecule has 0 unspecified atom stereocenters. The van der Waals surface area contributed by atoms with Crippen LogP contribution in [0.1, 0.15) is 5.56 Å². The molecule has 2 aromatic carbocycles. The number of halogens is 2. The minimum absolute atomic E-state index is 0.281. The summed E-state index contributed by atoms with van der Waals surface area (Å²) in [7, 11) is 0. The predicted molar refractivity (Wildman–Crippen MR) is 73.0 cm³/mol. The number of hydrogen-bond acceptors (Lipinski definition) is 3. The molecule has 18 heavy (non-hydrogen) atoms. The van der Waals surface area contributed by atoms with E-state index >= 15 is 0 Å². The number of nitrogens with one attached hydrogen (secondary N) is 1. The number of rotatable bonds is 2. The number of hydrogen-bond donors (Lipinski definition) is 2. The molecule has 5 heteroatoms. The molecule has 0 fully saturated rings. The highest BCUT2D eigenvalue weighted by Crippen LogP contribution is 2.26. The van der Waals surface area contributed by atoms with Crippen LogP contribution in [-0.2, 0) is 0 Å². The number of nitrogens with zero attached hydrogens (tertiary/aromatic N) is 1. The zero-order valence-corrected chi connectivity index (χ0v) is 10.8. The quantitative estimate of drug-likeness (QED) is 0.830. The number of anilines is 3. The van der Waals surface area contributed by atoms with Gasteiger partial charge in [0.1, 0.15) is 11.9 Å². The van der Waals surface area contributed by atoms with E-state index in [2.05, 4.69) is 21.2 Å². The third-order valence-corrected chi connectivity index (χ3v) is 2.86. The van der Waals surface area contributed by atoms with E-state index in [-0.39, 0.29) is 5.69 Å². The van der Waals surface area contributed by atoms with E-state index in [4.69, 9.17) is 11.0 Å². The summed E-state index contributed by atoms with van der Waals surface area (Å²) >= 11 is 3.28. The Labute approximate surface area is 112 Å². The third-order valence-electron chi connectivity index (χ3n) is 2.36. The molecule has 0 atom stereocenters. The first-order valence-electron chi connectivity index (χ1n) is 5.12. The maximum absolute atomic E-state index is 13.6. The Morgan fingerprint density at radius 3 is 2.56 bits per heavy atom. The Morgan fingerprint density at radius 1 is 1.17 bits per heavy atom. The topological polar surface area (TPSA) is 61.8 Å². The highest BCUT2D eigenvalue weighted by Gasteiger charge is 2.06. The van der Waals surface area contributed by atoms with E-state index in [0.29, 0.717) is 16.9 Å². The average molecular weight is 306 g/mol. The molecule has 2 rings (SSSR count). The summed E-state index contributed by atoms with van der Waals surface area (Å²) < 4.78 is 14.4. The van der Waals surface area contributed by atoms with Crippen LogP contribution in [0.4, 0.5) is 21.5 Å². The van der Waals surface area contributed by atoms with Gasteiger partial charge in [0, 0.05) is 10.2 Å². The van der Waals surface area contributed by atoms with Crippen LogP contribution in [0, 0.1) is 17.1 Å². The molecular formula is C13H9BrFN3. The predicted octanol–water partition coefficient (Wildman–Crippen LogP) is 3.79. The summed E-state index contributed by atoms with van der Waals surface area (Å²) in [5.41, 5.74) is 7.08. The number of nitriles is 1. The highest BCUT2D eigenvalue weighted by molar-refractivity contribution is 9.10. The van der Waals surface area contributed by atoms with Gasteiger partial charge >= 0.3 is 0 Å². The fraction of sp³-hybridized carbons (Fsp3) is 0. The van der Waals surface area contributed by atoms with Crippen LogP contribution in [0.25, 0.3) is 0 Å². The number of nitrogen functional groups attached to an aromatic ring is 1. The Bertz CT molecular complexity index is 635. The van der Waals surface area contributed by atoms with Crippen LogP contribution >= 0.6 is 15.9 Å². The molecule has 0 aliphatic heterocycles. The minimum Gasteiger partial charge on any atom is -0.399 e. The fourth-order valence-corrected chi connectivity index (χ4v) is 1.86. The molecule has 0 saturated heterocycles. The largest absolute Gasteiger partial charge is 0.399 e. The number of benzene rings is 2. The monoisotopic (exact) mass is 305 g/mol. The molecule has 0 bridgehead atoms. The maximum Gasteiger partial charge on any atom is 0.148 e. The Hall–Kier alpha value is -2.06. The van der Waals surface area contributed by atoms with Crippen molar-refractivity contribution in [3.05, 3.63) is 52.3 Å². The van der Waals surface area contributed by atoms with Crippen molar-refractivity contribution in [2.24, 2.45) is 0 Å². The Balaban J connectivity index is 2.37. The summed E-state index contributed by atoms with van der Waals surface area (Å²) in [6.07, 6.45) is 0. The van der Waals surface area contributed by atoms with E-state index < -0.39 is 5.82 Å². The van der Waals surface area contributed by atoms with E-state index in [1.54, 1.807) is 24.3 Å². The lowest BCUT2D eigenvalue weighted by atomic mass is 10.2. The summed E-state index contributed by atoms with van der Waals surface area (Å²) in [6.45, 7) is 0. The van der Waals surface area contributed by atoms with Gasteiger partial charge in [-0.25, -0.2) is 4.39 Å². The van der Waals surface area contributed by atoms with Crippen LogP contribution in [0.5, 0.6) is 0 Å². The van der Waals surface area contributed by atoms with Crippen molar-refractivity contribution in [1.82, 2.24) is 0 Å². The van der Waals surface area contributed by atoms with Crippen molar-refractivity contribution >= 4 is 33.0 Å². The van der Waals surface area contributed by atoms with Crippen molar-refractivity contribution in [3.8, 4) is 6.07 Å². The summed E-state index contributed by atoms with van der Waals surface area (Å²) in [6, 6.07) is 11.6. The molecule has 0 aromatic heterocycles. The SMILES string of the molecule is N#Cc1cc(Br)ccc1Nc1ccc(N)cc1F. The molecule has 0 aliphatic rings. The molecule has 0 aliphatic carbocycles. The van der Waals surface area contributed by atoms with Gasteiger partial charge in [0.05, 0.1) is 16.9 Å². The lowest BCUT2D eigenvalue weighted by Gasteiger charge is -2.09. The van der Waals surface area contributed by atoms with Crippen LogP contribution in [-0.4, -0.2) is 0 Å². The molecule has 90 valence electrons. The smallest absolute Gasteiger partial charge is 0.148 e. The van der Waals surface area contributed by atoms with Gasteiger partial charge in [-0.2, -0.15) is 5.26 Å². The second-order valence-electron chi connectivity index (χ2n) is 3.67. The van der Waals surface area contributed by atoms with Crippen molar-refractivity contribution < 1.29 is 4.39 Å². The molecule has 0 spiro atoms. The normalized spacial score (nSPS) is 9.83. The van der Waals surface area contributed by atoms with Crippen molar-refractivity contribution in [2.45, 2.75) is 0 Å². The van der Waals surface area contributed by atoms with Gasteiger partial charge in [-0.15, -0.1) is 0 Å². The molecular weight excluding hydrogens is 297 g/mol. The molecule has 2 aromatic rings. The first kappa shape index (κ1) is 12.4. The van der Waals surface area contributed by atoms with Gasteiger partial charge in [-0.3, -0.25) is 0 Å². The molecule has 0 heterocycles. The molecule has 3 N–H and O–H groups in total. The highest BCUT2D eigenvalue weighted by atomic mass is 79.9. The van der Waals surface area contributed by atoms with Gasteiger partial charge in [0.15, 0.2) is 0 Å². The van der Waals surface area contributed by atoms with Crippen LogP contribution in [0.15, 0.2) is 40.9 Å². The van der Waals surface area contributed by atoms with Gasteiger partial charge in [-0.1, -0.05) is 15.9 Å². The zero-order chi connectivity index (χ0) is 13.1.